The molecule has 0 spiro atoms. The molecule has 0 unspecified atom stereocenters. The summed E-state index contributed by atoms with van der Waals surface area (Å²) < 4.78 is 11.7. The molecule has 7 nitrogen and oxygen atoms in total. The topological polar surface area (TPSA) is 91.2 Å². The summed E-state index contributed by atoms with van der Waals surface area (Å²) in [6.07, 6.45) is 1.48. The number of fused-ring (bicyclic) bond motifs is 1. The van der Waals surface area contributed by atoms with Crippen LogP contribution in [0, 0.1) is 12.3 Å². The number of nitrogens with one attached hydrogen (secondary N) is 1. The third-order valence-electron chi connectivity index (χ3n) is 5.06. The summed E-state index contributed by atoms with van der Waals surface area (Å²) >= 11 is 13.3. The van der Waals surface area contributed by atoms with Crippen molar-refractivity contribution in [2.45, 2.75) is 6.92 Å². The first-order chi connectivity index (χ1) is 16.4. The predicted octanol–water partition coefficient (Wildman–Crippen LogP) is 6.26. The highest BCUT2D eigenvalue weighted by atomic mass is 35.5. The van der Waals surface area contributed by atoms with Crippen LogP contribution < -0.4 is 4.74 Å². The Morgan fingerprint density at radius 2 is 1.97 bits per heavy atom. The number of amidine groups is 2. The molecular weight excluding hydrogens is 495 g/mol. The molecule has 2 aliphatic rings. The second-order valence-corrected chi connectivity index (χ2v) is 9.25. The molecule has 34 heavy (non-hydrogen) atoms. The number of hydrazone groups is 1. The highest BCUT2D eigenvalue weighted by Gasteiger charge is 2.36. The van der Waals surface area contributed by atoms with Crippen LogP contribution in [0.4, 0.5) is 0 Å². The van der Waals surface area contributed by atoms with Crippen LogP contribution >= 0.6 is 35.0 Å². The van der Waals surface area contributed by atoms with Gasteiger partial charge in [-0.15, -0.1) is 0 Å². The third kappa shape index (κ3) is 4.40. The first-order valence-electron chi connectivity index (χ1n) is 10.1. The van der Waals surface area contributed by atoms with Gasteiger partial charge in [-0.1, -0.05) is 41.4 Å². The highest BCUT2D eigenvalue weighted by molar-refractivity contribution is 8.27. The zero-order valence-electron chi connectivity index (χ0n) is 17.7. The number of rotatable bonds is 5. The van der Waals surface area contributed by atoms with E-state index in [4.69, 9.17) is 37.8 Å². The van der Waals surface area contributed by atoms with Gasteiger partial charge in [0.05, 0.1) is 15.6 Å². The number of carbonyl (C=O) groups is 1. The van der Waals surface area contributed by atoms with Crippen LogP contribution in [0.15, 0.2) is 74.7 Å². The van der Waals surface area contributed by atoms with Crippen molar-refractivity contribution in [3.63, 3.8) is 0 Å². The van der Waals surface area contributed by atoms with E-state index in [0.717, 1.165) is 16.9 Å². The fourth-order valence-corrected chi connectivity index (χ4v) is 4.42. The molecule has 3 heterocycles. The molecule has 1 N–H and O–H groups in total. The second kappa shape index (κ2) is 9.13. The maximum Gasteiger partial charge on any atom is 0.283 e. The van der Waals surface area contributed by atoms with E-state index in [1.165, 1.54) is 22.8 Å². The largest absolute Gasteiger partial charge is 0.486 e. The van der Waals surface area contributed by atoms with Crippen LogP contribution in [0.1, 0.15) is 11.3 Å². The molecule has 2 aliphatic heterocycles. The number of benzene rings is 2. The molecule has 170 valence electrons. The number of hydrogen-bond donors (Lipinski definition) is 1. The van der Waals surface area contributed by atoms with Crippen molar-refractivity contribution < 1.29 is 13.9 Å². The number of para-hydroxylation sites is 1. The Morgan fingerprint density at radius 3 is 2.76 bits per heavy atom. The van der Waals surface area contributed by atoms with E-state index in [1.54, 1.807) is 30.3 Å². The van der Waals surface area contributed by atoms with Gasteiger partial charge < -0.3 is 9.15 Å². The van der Waals surface area contributed by atoms with Gasteiger partial charge in [-0.3, -0.25) is 10.2 Å². The summed E-state index contributed by atoms with van der Waals surface area (Å²) in [5.74, 6) is 1.08. The zero-order chi connectivity index (χ0) is 23.8. The minimum atomic E-state index is -0.535. The summed E-state index contributed by atoms with van der Waals surface area (Å²) in [4.78, 5) is 16.7. The first-order valence-corrected chi connectivity index (χ1v) is 11.7. The van der Waals surface area contributed by atoms with Crippen molar-refractivity contribution in [2.24, 2.45) is 10.1 Å². The van der Waals surface area contributed by atoms with E-state index >= 15 is 0 Å². The average Bonchev–Trinajstić information content (AvgIpc) is 3.45. The SMILES string of the molecule is Cc1ccccc1OCC1=NN2C(=N)/C(=C/c3ccc(-c4ccc(Cl)c(Cl)c4)o3)C(=O)N=C2S1. The van der Waals surface area contributed by atoms with Crippen molar-refractivity contribution in [1.29, 1.82) is 5.41 Å². The Labute approximate surface area is 209 Å². The van der Waals surface area contributed by atoms with Crippen LogP contribution in [0.3, 0.4) is 0 Å². The number of furan rings is 1. The number of amides is 1. The molecule has 0 saturated carbocycles. The molecule has 0 atom stereocenters. The maximum absolute atomic E-state index is 12.6. The Balaban J connectivity index is 1.34. The van der Waals surface area contributed by atoms with Crippen molar-refractivity contribution in [3.05, 3.63) is 81.5 Å². The van der Waals surface area contributed by atoms with Crippen molar-refractivity contribution in [3.8, 4) is 17.1 Å². The van der Waals surface area contributed by atoms with Crippen LogP contribution in [0.2, 0.25) is 10.0 Å². The molecule has 1 aromatic heterocycles. The van der Waals surface area contributed by atoms with Crippen LogP contribution in [0.25, 0.3) is 17.4 Å². The van der Waals surface area contributed by atoms with Gasteiger partial charge in [-0.2, -0.15) is 15.1 Å². The number of hydrogen-bond acceptors (Lipinski definition) is 6. The number of nitrogens with zero attached hydrogens (tertiary/aromatic N) is 3. The van der Waals surface area contributed by atoms with Gasteiger partial charge in [0, 0.05) is 5.56 Å². The predicted molar refractivity (Wildman–Crippen MR) is 136 cm³/mol. The van der Waals surface area contributed by atoms with E-state index in [-0.39, 0.29) is 18.0 Å². The minimum Gasteiger partial charge on any atom is -0.486 e. The summed E-state index contributed by atoms with van der Waals surface area (Å²) in [6, 6.07) is 16.3. The molecule has 0 saturated heterocycles. The lowest BCUT2D eigenvalue weighted by atomic mass is 10.1. The van der Waals surface area contributed by atoms with E-state index in [2.05, 4.69) is 10.1 Å². The Morgan fingerprint density at radius 1 is 1.15 bits per heavy atom. The first kappa shape index (κ1) is 22.5. The molecular formula is C24H16Cl2N4O3S. The maximum atomic E-state index is 12.6. The lowest BCUT2D eigenvalue weighted by molar-refractivity contribution is -0.114. The van der Waals surface area contributed by atoms with E-state index in [9.17, 15) is 4.79 Å². The molecule has 0 radical (unpaired) electrons. The monoisotopic (exact) mass is 510 g/mol. The Hall–Kier alpha value is -3.33. The van der Waals surface area contributed by atoms with Gasteiger partial charge in [0.25, 0.3) is 5.91 Å². The van der Waals surface area contributed by atoms with Gasteiger partial charge in [0.15, 0.2) is 5.84 Å². The number of thioether (sulfide) groups is 1. The van der Waals surface area contributed by atoms with Crippen molar-refractivity contribution in [1.82, 2.24) is 5.01 Å². The summed E-state index contributed by atoms with van der Waals surface area (Å²) in [7, 11) is 0. The normalized spacial score (nSPS) is 16.6. The molecule has 5 rings (SSSR count). The average molecular weight is 511 g/mol. The number of ether oxygens (including phenoxy) is 1. The van der Waals surface area contributed by atoms with E-state index < -0.39 is 5.91 Å². The summed E-state index contributed by atoms with van der Waals surface area (Å²) in [5.41, 5.74) is 1.82. The van der Waals surface area contributed by atoms with Crippen LogP contribution in [-0.2, 0) is 4.79 Å². The molecule has 2 aromatic carbocycles. The Bertz CT molecular complexity index is 1430. The molecule has 1 amide bonds. The van der Waals surface area contributed by atoms with Gasteiger partial charge in [-0.25, -0.2) is 0 Å². The molecule has 3 aromatic rings. The molecule has 10 heteroatoms. The quantitative estimate of drug-likeness (QED) is 0.409. The lowest BCUT2D eigenvalue weighted by Gasteiger charge is -2.19. The molecule has 0 bridgehead atoms. The van der Waals surface area contributed by atoms with Crippen molar-refractivity contribution >= 4 is 63.0 Å². The molecule has 0 fully saturated rings. The Kier molecular flexibility index (Phi) is 6.03. The number of aryl methyl sites for hydroxylation is 1. The minimum absolute atomic E-state index is 0.0733. The fraction of sp³-hybridized carbons (Fsp3) is 0.0833. The summed E-state index contributed by atoms with van der Waals surface area (Å²) in [6.45, 7) is 2.16. The zero-order valence-corrected chi connectivity index (χ0v) is 20.0. The van der Waals surface area contributed by atoms with Crippen LogP contribution in [0.5, 0.6) is 5.75 Å². The number of aliphatic imine (C=N–C) groups is 1. The summed E-state index contributed by atoms with van der Waals surface area (Å²) in [5, 5.41) is 16.0. The van der Waals surface area contributed by atoms with Gasteiger partial charge in [-0.05, 0) is 66.7 Å². The van der Waals surface area contributed by atoms with Crippen LogP contribution in [-0.4, -0.2) is 33.6 Å². The fourth-order valence-electron chi connectivity index (χ4n) is 3.33. The smallest absolute Gasteiger partial charge is 0.283 e. The van der Waals surface area contributed by atoms with Gasteiger partial charge in [0.2, 0.25) is 5.17 Å². The van der Waals surface area contributed by atoms with E-state index in [0.29, 0.717) is 31.8 Å². The highest BCUT2D eigenvalue weighted by Crippen LogP contribution is 2.32. The van der Waals surface area contributed by atoms with Crippen molar-refractivity contribution in [2.75, 3.05) is 6.61 Å². The van der Waals surface area contributed by atoms with Gasteiger partial charge in [0.1, 0.15) is 28.9 Å². The number of halogens is 2. The lowest BCUT2D eigenvalue weighted by Crippen LogP contribution is -2.35. The third-order valence-corrected chi connectivity index (χ3v) is 6.68. The van der Waals surface area contributed by atoms with Gasteiger partial charge >= 0.3 is 0 Å². The van der Waals surface area contributed by atoms with E-state index in [1.807, 2.05) is 31.2 Å². The molecule has 0 aliphatic carbocycles. The standard InChI is InChI=1S/C24H16Cl2N4O3S/c1-13-4-2-3-5-19(13)32-12-21-29-30-22(27)16(23(31)28-24(30)34-21)11-15-7-9-20(33-15)14-6-8-17(25)18(26)10-14/h2-11,27H,12H2,1H3/b16-11-,27-22?. The second-order valence-electron chi connectivity index (χ2n) is 7.40. The number of carbonyl (C=O) groups excluding carboxylic acids is 1.